The number of anilines is 1. The number of benzene rings is 2. The molecule has 0 aliphatic heterocycles. The van der Waals surface area contributed by atoms with Gasteiger partial charge in [-0.05, 0) is 47.6 Å². The molecule has 2 aromatic carbocycles. The van der Waals surface area contributed by atoms with Crippen LogP contribution in [0.1, 0.15) is 11.1 Å². The van der Waals surface area contributed by atoms with E-state index in [1.54, 1.807) is 35.1 Å². The second-order valence-corrected chi connectivity index (χ2v) is 11.5. The van der Waals surface area contributed by atoms with E-state index in [1.165, 1.54) is 14.6 Å². The summed E-state index contributed by atoms with van der Waals surface area (Å²) in [5.74, 6) is 0.387. The topological polar surface area (TPSA) is 86.9 Å². The summed E-state index contributed by atoms with van der Waals surface area (Å²) in [6.07, 6.45) is 11.9. The molecule has 10 nitrogen and oxygen atoms in total. The number of nitrogens with zero attached hydrogens (tertiary/aromatic N) is 8. The third-order valence-electron chi connectivity index (χ3n) is 6.81. The van der Waals surface area contributed by atoms with Crippen molar-refractivity contribution in [1.29, 1.82) is 0 Å². The number of aromatic amines is 1. The van der Waals surface area contributed by atoms with Gasteiger partial charge in [-0.1, -0.05) is 46.9 Å². The highest BCUT2D eigenvalue weighted by atomic mass is 32.1. The first-order valence-electron chi connectivity index (χ1n) is 12.7. The maximum absolute atomic E-state index is 5.37. The number of fused-ring (bicyclic) bond motifs is 2. The summed E-state index contributed by atoms with van der Waals surface area (Å²) in [7, 11) is 4.16. The standard InChI is InChI=1S/C28H23N10S3/c1-34-23(17-36-11-13-40-27(34)36)21-7-3-19(4-8-21)15-29-31-25-32-33-26(39)38(25)30-16-20-5-9-22(10-6-20)24-18-37-12-14-41-28(37)35(24)2/h3-18H,1-2H3,(H-,31,32,33,39)/q+1/p+1/b29-15-,30-16+. The minimum Gasteiger partial charge on any atom is -0.248 e. The molecule has 0 saturated heterocycles. The summed E-state index contributed by atoms with van der Waals surface area (Å²) in [5, 5.41) is 20.0. The van der Waals surface area contributed by atoms with Crippen molar-refractivity contribution in [3.8, 4) is 22.5 Å². The number of H-pyrrole nitrogens is 1. The van der Waals surface area contributed by atoms with Crippen LogP contribution < -0.4 is 14.6 Å². The van der Waals surface area contributed by atoms with Crippen LogP contribution in [0.15, 0.2) is 94.3 Å². The number of nitrogens with one attached hydrogen (secondary N) is 2. The number of imidazole rings is 2. The molecule has 0 saturated carbocycles. The van der Waals surface area contributed by atoms with Crippen LogP contribution in [-0.4, -0.2) is 36.1 Å². The fourth-order valence-electron chi connectivity index (χ4n) is 4.68. The molecule has 2 N–H and O–H groups in total. The van der Waals surface area contributed by atoms with Gasteiger partial charge in [0.1, 0.15) is 24.8 Å². The van der Waals surface area contributed by atoms with Crippen molar-refractivity contribution < 1.29 is 9.13 Å². The average molecular weight is 597 g/mol. The third kappa shape index (κ3) is 4.69. The highest BCUT2D eigenvalue weighted by Gasteiger charge is 2.18. The van der Waals surface area contributed by atoms with Crippen molar-refractivity contribution >= 4 is 63.2 Å². The van der Waals surface area contributed by atoms with Crippen LogP contribution in [0.3, 0.4) is 0 Å². The van der Waals surface area contributed by atoms with Crippen LogP contribution in [-0.2, 0) is 14.1 Å². The van der Waals surface area contributed by atoms with E-state index in [-0.39, 0.29) is 0 Å². The molecule has 0 bridgehead atoms. The molecular weight excluding hydrogens is 573 g/mol. The zero-order valence-electron chi connectivity index (χ0n) is 22.0. The fraction of sp³-hybridized carbons (Fsp3) is 0.0714. The smallest absolute Gasteiger partial charge is 0.248 e. The molecule has 7 aromatic rings. The first-order chi connectivity index (χ1) is 20.0. The molecule has 13 heteroatoms. The monoisotopic (exact) mass is 596 g/mol. The summed E-state index contributed by atoms with van der Waals surface area (Å²) in [4.78, 5) is 2.37. The Hall–Kier alpha value is -4.72. The van der Waals surface area contributed by atoms with Gasteiger partial charge in [-0.25, -0.2) is 19.7 Å². The van der Waals surface area contributed by atoms with Crippen molar-refractivity contribution in [2.45, 2.75) is 0 Å². The lowest BCUT2D eigenvalue weighted by atomic mass is 10.1. The Balaban J connectivity index is 1.03. The van der Waals surface area contributed by atoms with E-state index in [0.29, 0.717) is 10.7 Å². The maximum atomic E-state index is 5.37. The van der Waals surface area contributed by atoms with Gasteiger partial charge in [-0.3, -0.25) is 0 Å². The lowest BCUT2D eigenvalue weighted by molar-refractivity contribution is -0.631. The van der Waals surface area contributed by atoms with Gasteiger partial charge in [0, 0.05) is 21.9 Å². The van der Waals surface area contributed by atoms with Gasteiger partial charge in [0.2, 0.25) is 4.77 Å². The van der Waals surface area contributed by atoms with Gasteiger partial charge in [-0.2, -0.15) is 23.7 Å². The number of rotatable bonds is 7. The van der Waals surface area contributed by atoms with Gasteiger partial charge in [-0.15, -0.1) is 5.10 Å². The van der Waals surface area contributed by atoms with Crippen molar-refractivity contribution in [3.63, 3.8) is 0 Å². The SMILES string of the molecule is C[n+]1c(-c2ccc(/C=N\Nc3n[nH]c(=S)n3/N=C/c3ccc(-c4cn5ccsc5[n+]4C)cc3)cc2)cn2ccsc21. The number of aryl methyl sites for hydroxylation is 2. The average Bonchev–Trinajstić information content (AvgIpc) is 3.81. The lowest BCUT2D eigenvalue weighted by Gasteiger charge is -2.01. The fourth-order valence-corrected chi connectivity index (χ4v) is 6.47. The minimum atomic E-state index is 0.362. The number of hydrogen-bond donors (Lipinski definition) is 2. The molecule has 0 fully saturated rings. The molecule has 41 heavy (non-hydrogen) atoms. The summed E-state index contributed by atoms with van der Waals surface area (Å²) in [5.41, 5.74) is 9.39. The molecule has 0 amide bonds. The molecule has 0 radical (unpaired) electrons. The number of thiazole rings is 2. The van der Waals surface area contributed by atoms with E-state index in [1.807, 2.05) is 24.3 Å². The maximum Gasteiger partial charge on any atom is 0.345 e. The molecule has 7 rings (SSSR count). The first-order valence-corrected chi connectivity index (χ1v) is 14.8. The van der Waals surface area contributed by atoms with E-state index >= 15 is 0 Å². The molecule has 202 valence electrons. The van der Waals surface area contributed by atoms with Gasteiger partial charge in [0.25, 0.3) is 5.95 Å². The van der Waals surface area contributed by atoms with Crippen LogP contribution in [0.4, 0.5) is 5.95 Å². The lowest BCUT2D eigenvalue weighted by Crippen LogP contribution is -2.28. The van der Waals surface area contributed by atoms with Crippen LogP contribution >= 0.6 is 34.9 Å². The number of hydrogen-bond acceptors (Lipinski definition) is 7. The first kappa shape index (κ1) is 25.3. The Kier molecular flexibility index (Phi) is 6.38. The predicted octanol–water partition coefficient (Wildman–Crippen LogP) is 4.88. The molecule has 0 aliphatic rings. The van der Waals surface area contributed by atoms with Crippen molar-refractivity contribution in [2.75, 3.05) is 5.43 Å². The van der Waals surface area contributed by atoms with Crippen LogP contribution in [0.5, 0.6) is 0 Å². The van der Waals surface area contributed by atoms with Crippen LogP contribution in [0.2, 0.25) is 0 Å². The largest absolute Gasteiger partial charge is 0.345 e. The Morgan fingerprint density at radius 2 is 1.37 bits per heavy atom. The van der Waals surface area contributed by atoms with Gasteiger partial charge >= 0.3 is 9.92 Å². The zero-order chi connectivity index (χ0) is 27.9. The molecule has 0 atom stereocenters. The van der Waals surface area contributed by atoms with Crippen molar-refractivity contribution in [3.05, 3.63) is 100.0 Å². The quantitative estimate of drug-likeness (QED) is 0.119. The van der Waals surface area contributed by atoms with Gasteiger partial charge < -0.3 is 0 Å². The minimum absolute atomic E-state index is 0.362. The Labute approximate surface area is 247 Å². The predicted molar refractivity (Wildman–Crippen MR) is 165 cm³/mol. The normalized spacial score (nSPS) is 12.0. The highest BCUT2D eigenvalue weighted by molar-refractivity contribution is 7.71. The Morgan fingerprint density at radius 1 is 0.829 bits per heavy atom. The molecular formula is C28H24N10S3+2. The zero-order valence-corrected chi connectivity index (χ0v) is 24.5. The molecule has 0 spiro atoms. The highest BCUT2D eigenvalue weighted by Crippen LogP contribution is 2.21. The van der Waals surface area contributed by atoms with Crippen molar-refractivity contribution in [1.82, 2.24) is 23.7 Å². The van der Waals surface area contributed by atoms with Gasteiger partial charge in [0.05, 0.1) is 26.5 Å². The van der Waals surface area contributed by atoms with E-state index < -0.39 is 0 Å². The Morgan fingerprint density at radius 3 is 1.90 bits per heavy atom. The third-order valence-corrected chi connectivity index (χ3v) is 8.99. The second kappa shape index (κ2) is 10.4. The molecule has 5 aromatic heterocycles. The summed E-state index contributed by atoms with van der Waals surface area (Å²) < 4.78 is 10.5. The van der Waals surface area contributed by atoms with Crippen LogP contribution in [0, 0.1) is 4.77 Å². The summed E-state index contributed by atoms with van der Waals surface area (Å²) in [6.45, 7) is 0. The van der Waals surface area contributed by atoms with E-state index in [9.17, 15) is 0 Å². The number of aromatic nitrogens is 7. The molecule has 0 unspecified atom stereocenters. The van der Waals surface area contributed by atoms with E-state index in [4.69, 9.17) is 12.2 Å². The summed E-state index contributed by atoms with van der Waals surface area (Å²) >= 11 is 8.80. The molecule has 5 heterocycles. The van der Waals surface area contributed by atoms with E-state index in [0.717, 1.165) is 33.6 Å². The van der Waals surface area contributed by atoms with Crippen LogP contribution in [0.25, 0.3) is 32.4 Å². The van der Waals surface area contributed by atoms with E-state index in [2.05, 4.69) is 118 Å². The Bertz CT molecular complexity index is 2120. The molecule has 0 aliphatic carbocycles. The summed E-state index contributed by atoms with van der Waals surface area (Å²) in [6, 6.07) is 16.5. The van der Waals surface area contributed by atoms with Gasteiger partial charge in [0.15, 0.2) is 11.4 Å². The van der Waals surface area contributed by atoms with Crippen molar-refractivity contribution in [2.24, 2.45) is 24.3 Å². The second-order valence-electron chi connectivity index (χ2n) is 9.36. The number of hydrazone groups is 1.